The molecule has 2 atom stereocenters. The molecule has 2 aliphatic rings. The largest absolute Gasteiger partial charge is 0.512 e. The summed E-state index contributed by atoms with van der Waals surface area (Å²) in [6, 6.07) is 0. The number of rotatable bonds is 0. The van der Waals surface area contributed by atoms with Gasteiger partial charge in [-0.3, -0.25) is 4.79 Å². The highest BCUT2D eigenvalue weighted by molar-refractivity contribution is 5.62. The Hall–Kier alpha value is -0.990. The highest BCUT2D eigenvalue weighted by Gasteiger charge is 2.60. The van der Waals surface area contributed by atoms with Crippen LogP contribution >= 0.6 is 0 Å². The first-order valence-corrected chi connectivity index (χ1v) is 5.36. The lowest BCUT2D eigenvalue weighted by Gasteiger charge is -2.10. The van der Waals surface area contributed by atoms with E-state index in [4.69, 9.17) is 9.90 Å². The van der Waals surface area contributed by atoms with Crippen LogP contribution in [0.4, 0.5) is 0 Å². The smallest absolute Gasteiger partial charge is 0.300 e. The summed E-state index contributed by atoms with van der Waals surface area (Å²) in [6.07, 6.45) is 2.39. The molecular weight excluding hydrogens is 192 g/mol. The fourth-order valence-electron chi connectivity index (χ4n) is 2.59. The Morgan fingerprint density at radius 2 is 1.93 bits per heavy atom. The van der Waals surface area contributed by atoms with Gasteiger partial charge in [0.1, 0.15) is 0 Å². The second-order valence-corrected chi connectivity index (χ2v) is 5.13. The molecule has 2 unspecified atom stereocenters. The first kappa shape index (κ1) is 12.1. The highest BCUT2D eigenvalue weighted by atomic mass is 16.4. The molecule has 86 valence electrons. The Labute approximate surface area is 90.8 Å². The molecule has 0 aliphatic heterocycles. The molecule has 0 spiro atoms. The van der Waals surface area contributed by atoms with Crippen LogP contribution in [-0.4, -0.2) is 16.2 Å². The third-order valence-electron chi connectivity index (χ3n) is 3.61. The van der Waals surface area contributed by atoms with Crippen molar-refractivity contribution in [2.24, 2.45) is 17.3 Å². The zero-order valence-corrected chi connectivity index (χ0v) is 9.87. The standard InChI is InChI=1S/C10H16O.C2H4O2/c1-6-4-5-7-8(9(6)11)10(7,2)3;1-2(3)4/h7-8,11H,4-5H2,1-3H3;1H3,(H,3,4). The number of hydrogen-bond acceptors (Lipinski definition) is 2. The Morgan fingerprint density at radius 3 is 2.33 bits per heavy atom. The van der Waals surface area contributed by atoms with E-state index in [0.29, 0.717) is 17.1 Å². The van der Waals surface area contributed by atoms with Gasteiger partial charge in [0.2, 0.25) is 0 Å². The van der Waals surface area contributed by atoms with E-state index in [1.165, 1.54) is 12.0 Å². The predicted octanol–water partition coefficient (Wildman–Crippen LogP) is 2.98. The average Bonchev–Trinajstić information content (AvgIpc) is 2.61. The van der Waals surface area contributed by atoms with Gasteiger partial charge in [0.05, 0.1) is 5.76 Å². The quantitative estimate of drug-likeness (QED) is 0.649. The maximum absolute atomic E-state index is 9.70. The zero-order chi connectivity index (χ0) is 11.8. The van der Waals surface area contributed by atoms with Crippen molar-refractivity contribution in [1.29, 1.82) is 0 Å². The summed E-state index contributed by atoms with van der Waals surface area (Å²) >= 11 is 0. The molecule has 15 heavy (non-hydrogen) atoms. The van der Waals surface area contributed by atoms with Crippen LogP contribution in [0.1, 0.15) is 40.5 Å². The van der Waals surface area contributed by atoms with Gasteiger partial charge in [0.25, 0.3) is 5.97 Å². The van der Waals surface area contributed by atoms with Crippen LogP contribution in [0.2, 0.25) is 0 Å². The molecule has 0 bridgehead atoms. The second-order valence-electron chi connectivity index (χ2n) is 5.13. The van der Waals surface area contributed by atoms with Gasteiger partial charge in [0.15, 0.2) is 0 Å². The molecule has 0 heterocycles. The molecule has 0 aromatic rings. The summed E-state index contributed by atoms with van der Waals surface area (Å²) in [5.41, 5.74) is 1.61. The van der Waals surface area contributed by atoms with Crippen molar-refractivity contribution in [2.45, 2.75) is 40.5 Å². The maximum atomic E-state index is 9.70. The summed E-state index contributed by atoms with van der Waals surface area (Å²) in [5.74, 6) is 1.13. The van der Waals surface area contributed by atoms with Gasteiger partial charge in [-0.1, -0.05) is 13.8 Å². The molecule has 0 aromatic heterocycles. The van der Waals surface area contributed by atoms with Crippen LogP contribution in [0.25, 0.3) is 0 Å². The number of carboxylic acid groups (broad SMARTS) is 1. The molecule has 1 fully saturated rings. The number of hydrogen-bond donors (Lipinski definition) is 2. The third kappa shape index (κ3) is 2.33. The van der Waals surface area contributed by atoms with Crippen LogP contribution < -0.4 is 0 Å². The maximum Gasteiger partial charge on any atom is 0.300 e. The van der Waals surface area contributed by atoms with E-state index in [1.807, 2.05) is 0 Å². The van der Waals surface area contributed by atoms with Gasteiger partial charge in [-0.2, -0.15) is 0 Å². The first-order chi connectivity index (χ1) is 6.78. The Bertz CT molecular complexity index is 298. The van der Waals surface area contributed by atoms with Crippen molar-refractivity contribution in [2.75, 3.05) is 0 Å². The number of carboxylic acids is 1. The minimum absolute atomic E-state index is 0.391. The molecule has 2 aliphatic carbocycles. The summed E-state index contributed by atoms with van der Waals surface area (Å²) in [5, 5.41) is 17.1. The first-order valence-electron chi connectivity index (χ1n) is 5.36. The van der Waals surface area contributed by atoms with E-state index in [0.717, 1.165) is 19.3 Å². The normalized spacial score (nSPS) is 31.2. The fraction of sp³-hybridized carbons (Fsp3) is 0.750. The van der Waals surface area contributed by atoms with Gasteiger partial charge >= 0.3 is 0 Å². The van der Waals surface area contributed by atoms with Crippen LogP contribution in [-0.2, 0) is 4.79 Å². The Kier molecular flexibility index (Phi) is 3.12. The number of allylic oxidation sites excluding steroid dienone is 2. The van der Waals surface area contributed by atoms with Crippen LogP contribution in [0.5, 0.6) is 0 Å². The van der Waals surface area contributed by atoms with Crippen molar-refractivity contribution in [3.05, 3.63) is 11.3 Å². The second kappa shape index (κ2) is 3.87. The minimum atomic E-state index is -0.833. The van der Waals surface area contributed by atoms with E-state index in [1.54, 1.807) is 0 Å². The van der Waals surface area contributed by atoms with Crippen LogP contribution in [0.3, 0.4) is 0 Å². The van der Waals surface area contributed by atoms with Crippen molar-refractivity contribution in [3.8, 4) is 0 Å². The van der Waals surface area contributed by atoms with Crippen LogP contribution in [0.15, 0.2) is 11.3 Å². The fourth-order valence-corrected chi connectivity index (χ4v) is 2.59. The highest BCUT2D eigenvalue weighted by Crippen LogP contribution is 2.65. The van der Waals surface area contributed by atoms with Gasteiger partial charge in [-0.25, -0.2) is 0 Å². The zero-order valence-electron chi connectivity index (χ0n) is 9.87. The molecular formula is C12H20O3. The molecule has 2 N–H and O–H groups in total. The van der Waals surface area contributed by atoms with Gasteiger partial charge < -0.3 is 10.2 Å². The average molecular weight is 212 g/mol. The minimum Gasteiger partial charge on any atom is -0.512 e. The van der Waals surface area contributed by atoms with Crippen LogP contribution in [0, 0.1) is 17.3 Å². The SMILES string of the molecule is CC(=O)O.CC1=C(O)C2C(CC1)C2(C)C. The summed E-state index contributed by atoms with van der Waals surface area (Å²) in [4.78, 5) is 9.00. The third-order valence-corrected chi connectivity index (χ3v) is 3.61. The van der Waals surface area contributed by atoms with Gasteiger partial charge in [-0.05, 0) is 36.7 Å². The molecule has 1 saturated carbocycles. The number of fused-ring (bicyclic) bond motifs is 1. The van der Waals surface area contributed by atoms with Gasteiger partial charge in [-0.15, -0.1) is 0 Å². The van der Waals surface area contributed by atoms with Crippen molar-refractivity contribution in [1.82, 2.24) is 0 Å². The van der Waals surface area contributed by atoms with Crippen molar-refractivity contribution < 1.29 is 15.0 Å². The number of aliphatic hydroxyl groups is 1. The number of aliphatic carboxylic acids is 1. The molecule has 2 rings (SSSR count). The van der Waals surface area contributed by atoms with Gasteiger partial charge in [0, 0.05) is 12.8 Å². The molecule has 0 radical (unpaired) electrons. The summed E-state index contributed by atoms with van der Waals surface area (Å²) in [6.45, 7) is 7.66. The molecule has 0 aromatic carbocycles. The molecule has 0 saturated heterocycles. The molecule has 3 nitrogen and oxygen atoms in total. The number of carbonyl (C=O) groups is 1. The van der Waals surface area contributed by atoms with E-state index in [-0.39, 0.29) is 0 Å². The van der Waals surface area contributed by atoms with E-state index in [9.17, 15) is 5.11 Å². The summed E-state index contributed by atoms with van der Waals surface area (Å²) in [7, 11) is 0. The van der Waals surface area contributed by atoms with Crippen molar-refractivity contribution >= 4 is 5.97 Å². The van der Waals surface area contributed by atoms with E-state index < -0.39 is 5.97 Å². The molecule has 3 heteroatoms. The topological polar surface area (TPSA) is 57.5 Å². The predicted molar refractivity (Wildman–Crippen MR) is 58.6 cm³/mol. The molecule has 0 amide bonds. The lowest BCUT2D eigenvalue weighted by Crippen LogP contribution is -1.99. The monoisotopic (exact) mass is 212 g/mol. The van der Waals surface area contributed by atoms with E-state index >= 15 is 0 Å². The Morgan fingerprint density at radius 1 is 1.47 bits per heavy atom. The van der Waals surface area contributed by atoms with Crippen molar-refractivity contribution in [3.63, 3.8) is 0 Å². The lowest BCUT2D eigenvalue weighted by molar-refractivity contribution is -0.134. The Balaban J connectivity index is 0.000000245. The summed E-state index contributed by atoms with van der Waals surface area (Å²) < 4.78 is 0. The number of aliphatic hydroxyl groups excluding tert-OH is 1. The van der Waals surface area contributed by atoms with E-state index in [2.05, 4.69) is 20.8 Å². The lowest BCUT2D eigenvalue weighted by atomic mass is 9.99.